The zero-order valence-electron chi connectivity index (χ0n) is 44.0. The first kappa shape index (κ1) is 47.0. The molecule has 1 atom stereocenters. The summed E-state index contributed by atoms with van der Waals surface area (Å²) < 4.78 is 3.94. The van der Waals surface area contributed by atoms with Crippen molar-refractivity contribution in [1.82, 2.24) is 0 Å². The molecule has 4 aromatic heterocycles. The number of allylic oxidation sites excluding steroid dienone is 1. The summed E-state index contributed by atoms with van der Waals surface area (Å²) in [5.41, 5.74) is 21.9. The Hall–Kier alpha value is -7.26. The van der Waals surface area contributed by atoms with E-state index in [1.54, 1.807) is 0 Å². The molecule has 7 heteroatoms. The number of fused-ring (bicyclic) bond motifs is 10. The molecule has 77 heavy (non-hydrogen) atoms. The van der Waals surface area contributed by atoms with Crippen LogP contribution in [-0.2, 0) is 11.8 Å². The minimum atomic E-state index is -0.0357. The van der Waals surface area contributed by atoms with E-state index in [0.717, 1.165) is 6.42 Å². The van der Waals surface area contributed by atoms with Gasteiger partial charge >= 0.3 is 0 Å². The highest BCUT2D eigenvalue weighted by molar-refractivity contribution is 7.28. The smallest absolute Gasteiger partial charge is 0.255 e. The third kappa shape index (κ3) is 7.45. The Morgan fingerprint density at radius 3 is 1.55 bits per heavy atom. The molecule has 0 saturated heterocycles. The second-order valence-corrected chi connectivity index (χ2v) is 27.2. The quantitative estimate of drug-likeness (QED) is 0.153. The van der Waals surface area contributed by atoms with Crippen LogP contribution in [0.2, 0.25) is 0 Å². The van der Waals surface area contributed by atoms with E-state index < -0.39 is 0 Å². The van der Waals surface area contributed by atoms with E-state index >= 15 is 0 Å². The lowest BCUT2D eigenvalue weighted by atomic mass is 9.33. The van der Waals surface area contributed by atoms with Crippen LogP contribution in [0.1, 0.15) is 57.5 Å². The van der Waals surface area contributed by atoms with Crippen molar-refractivity contribution >= 4 is 138 Å². The molecule has 1 unspecified atom stereocenters. The maximum Gasteiger partial charge on any atom is 0.255 e. The molecule has 0 bridgehead atoms. The van der Waals surface area contributed by atoms with Gasteiger partial charge in [0.15, 0.2) is 0 Å². The van der Waals surface area contributed by atoms with Gasteiger partial charge in [0.05, 0.1) is 21.4 Å². The lowest BCUT2D eigenvalue weighted by molar-refractivity contribution is 0.291. The molecule has 0 N–H and O–H groups in total. The number of rotatable bonds is 6. The predicted octanol–water partition coefficient (Wildman–Crippen LogP) is 19.7. The van der Waals surface area contributed by atoms with Gasteiger partial charge in [-0.15, -0.1) is 45.3 Å². The second-order valence-electron chi connectivity index (χ2n) is 23.3. The monoisotopic (exact) mass is 1060 g/mol. The molecular formula is C70H55BN2S4. The standard InChI is InChI=1S/C70H55BN2S4/c1-69(2,3)46-30-34-62-52(38-46)64-67(76-62)72(58-36-44(28-32-48(58)42-18-9-7-10-19-42)54-40-74-60-26-15-13-22-50(54)60)56-24-17-25-57-66(56)71(64)65-53-39-47(70(4,5)6)31-35-63(53)77-68(65)73(57)59-37-45(29-33-49(59)43-20-11-8-12-21-43)55-41-75-61-27-16-14-23-51(55)61/h7-38,40-41,47H,39H2,1-6H3. The lowest BCUT2D eigenvalue weighted by Crippen LogP contribution is -2.61. The fourth-order valence-corrected chi connectivity index (χ4v) is 17.1. The van der Waals surface area contributed by atoms with Crippen LogP contribution in [0.3, 0.4) is 0 Å². The molecule has 6 heterocycles. The number of anilines is 6. The summed E-state index contributed by atoms with van der Waals surface area (Å²) in [5.74, 6) is 0.393. The van der Waals surface area contributed by atoms with Crippen molar-refractivity contribution in [3.05, 3.63) is 215 Å². The van der Waals surface area contributed by atoms with Gasteiger partial charge in [0.25, 0.3) is 6.71 Å². The SMILES string of the molecule is CC(C)(C)c1ccc2sc3c(c2c1)B1c2c(cccc2N3c2cc(-c3csc4ccccc34)ccc2-c2ccccc2)N(c2cc(-c3csc4ccccc34)ccc2-c2ccccc2)c2sc3c(c21)CC(C(C)(C)C)C=C3. The van der Waals surface area contributed by atoms with Crippen molar-refractivity contribution in [3.63, 3.8) is 0 Å². The van der Waals surface area contributed by atoms with Gasteiger partial charge in [0, 0.05) is 63.4 Å². The Kier molecular flexibility index (Phi) is 10.8. The first-order valence-electron chi connectivity index (χ1n) is 26.9. The summed E-state index contributed by atoms with van der Waals surface area (Å²) in [6, 6.07) is 69.0. The van der Waals surface area contributed by atoms with Crippen molar-refractivity contribution in [2.45, 2.75) is 53.4 Å². The highest BCUT2D eigenvalue weighted by Crippen LogP contribution is 2.55. The summed E-state index contributed by atoms with van der Waals surface area (Å²) in [7, 11) is 0. The minimum absolute atomic E-state index is 0.0110. The van der Waals surface area contributed by atoms with E-state index in [4.69, 9.17) is 0 Å². The summed E-state index contributed by atoms with van der Waals surface area (Å²) in [5, 5.41) is 11.3. The molecule has 12 aromatic rings. The van der Waals surface area contributed by atoms with Gasteiger partial charge < -0.3 is 9.80 Å². The van der Waals surface area contributed by atoms with E-state index in [0.29, 0.717) is 5.92 Å². The summed E-state index contributed by atoms with van der Waals surface area (Å²) in [6.45, 7) is 14.3. The van der Waals surface area contributed by atoms with Crippen molar-refractivity contribution in [2.24, 2.45) is 11.3 Å². The molecule has 2 aliphatic heterocycles. The fraction of sp³-hybridized carbons (Fsp3) is 0.143. The predicted molar refractivity (Wildman–Crippen MR) is 341 cm³/mol. The minimum Gasteiger partial charge on any atom is -0.302 e. The summed E-state index contributed by atoms with van der Waals surface area (Å²) in [4.78, 5) is 6.79. The fourth-order valence-electron chi connectivity index (χ4n) is 12.6. The normalized spacial score (nSPS) is 14.8. The number of hydrogen-bond donors (Lipinski definition) is 0. The molecule has 1 aliphatic carbocycles. The maximum atomic E-state index is 2.71. The zero-order chi connectivity index (χ0) is 51.9. The highest BCUT2D eigenvalue weighted by atomic mass is 32.1. The summed E-state index contributed by atoms with van der Waals surface area (Å²) in [6.07, 6.45) is 6.00. The van der Waals surface area contributed by atoms with E-state index in [-0.39, 0.29) is 17.5 Å². The Bertz CT molecular complexity index is 4370. The van der Waals surface area contributed by atoms with E-state index in [1.807, 2.05) is 45.3 Å². The third-order valence-electron chi connectivity index (χ3n) is 16.7. The lowest BCUT2D eigenvalue weighted by Gasteiger charge is -2.43. The Morgan fingerprint density at radius 1 is 0.442 bits per heavy atom. The largest absolute Gasteiger partial charge is 0.302 e. The molecule has 2 nitrogen and oxygen atoms in total. The topological polar surface area (TPSA) is 6.48 Å². The zero-order valence-corrected chi connectivity index (χ0v) is 47.3. The van der Waals surface area contributed by atoms with Crippen LogP contribution in [0, 0.1) is 11.3 Å². The van der Waals surface area contributed by atoms with Crippen LogP contribution in [0.4, 0.5) is 32.8 Å². The molecule has 15 rings (SSSR count). The molecule has 0 amide bonds. The number of thiophene rings is 4. The first-order valence-corrected chi connectivity index (χ1v) is 30.3. The van der Waals surface area contributed by atoms with Gasteiger partial charge in [0.2, 0.25) is 0 Å². The molecule has 0 spiro atoms. The van der Waals surface area contributed by atoms with Crippen molar-refractivity contribution in [1.29, 1.82) is 0 Å². The van der Waals surface area contributed by atoms with Crippen LogP contribution in [0.15, 0.2) is 199 Å². The molecule has 8 aromatic carbocycles. The van der Waals surface area contributed by atoms with Crippen molar-refractivity contribution < 1.29 is 0 Å². The van der Waals surface area contributed by atoms with Crippen LogP contribution in [0.5, 0.6) is 0 Å². The average molecular weight is 1060 g/mol. The van der Waals surface area contributed by atoms with Gasteiger partial charge in [-0.25, -0.2) is 0 Å². The average Bonchev–Trinajstić information content (AvgIpc) is 4.46. The maximum absolute atomic E-state index is 2.71. The van der Waals surface area contributed by atoms with E-state index in [9.17, 15) is 0 Å². The van der Waals surface area contributed by atoms with Gasteiger partial charge in [0.1, 0.15) is 0 Å². The van der Waals surface area contributed by atoms with Gasteiger partial charge in [-0.05, 0) is 138 Å². The van der Waals surface area contributed by atoms with Gasteiger partial charge in [-0.1, -0.05) is 187 Å². The Labute approximate surface area is 468 Å². The molecule has 0 radical (unpaired) electrons. The molecule has 372 valence electrons. The Morgan fingerprint density at radius 2 is 0.987 bits per heavy atom. The number of benzene rings is 8. The van der Waals surface area contributed by atoms with Crippen molar-refractivity contribution in [3.8, 4) is 44.5 Å². The Balaban J connectivity index is 1.07. The van der Waals surface area contributed by atoms with Gasteiger partial charge in [-0.3, -0.25) is 0 Å². The number of hydrogen-bond acceptors (Lipinski definition) is 6. The van der Waals surface area contributed by atoms with E-state index in [1.165, 1.54) is 140 Å². The van der Waals surface area contributed by atoms with Crippen LogP contribution >= 0.6 is 45.3 Å². The van der Waals surface area contributed by atoms with Crippen LogP contribution < -0.4 is 26.2 Å². The highest BCUT2D eigenvalue weighted by Gasteiger charge is 2.49. The number of nitrogens with zero attached hydrogens (tertiary/aromatic N) is 2. The molecular weight excluding hydrogens is 1010 g/mol. The van der Waals surface area contributed by atoms with Crippen molar-refractivity contribution in [2.75, 3.05) is 9.80 Å². The van der Waals surface area contributed by atoms with Crippen LogP contribution in [-0.4, -0.2) is 6.71 Å². The van der Waals surface area contributed by atoms with Crippen LogP contribution in [0.25, 0.3) is 80.8 Å². The summed E-state index contributed by atoms with van der Waals surface area (Å²) >= 11 is 7.63. The molecule has 0 fully saturated rings. The van der Waals surface area contributed by atoms with E-state index in [2.05, 4.69) is 256 Å². The third-order valence-corrected chi connectivity index (χ3v) is 21.0. The first-order chi connectivity index (χ1) is 37.5. The second kappa shape index (κ2) is 17.6. The van der Waals surface area contributed by atoms with Gasteiger partial charge in [-0.2, -0.15) is 0 Å². The molecule has 0 saturated carbocycles. The molecule has 3 aliphatic rings.